The largest absolute Gasteiger partial charge is 0.386 e. The van der Waals surface area contributed by atoms with Gasteiger partial charge in [-0.15, -0.1) is 0 Å². The first-order valence-electron chi connectivity index (χ1n) is 7.48. The second-order valence-electron chi connectivity index (χ2n) is 4.66. The molecule has 0 spiro atoms. The molecule has 1 N–H and O–H groups in total. The summed E-state index contributed by atoms with van der Waals surface area (Å²) >= 11 is 0. The van der Waals surface area contributed by atoms with Gasteiger partial charge in [-0.05, 0) is 30.7 Å². The zero-order valence-electron chi connectivity index (χ0n) is 13.4. The van der Waals surface area contributed by atoms with Crippen LogP contribution in [0.3, 0.4) is 0 Å². The first kappa shape index (κ1) is 19.3. The third-order valence-electron chi connectivity index (χ3n) is 2.80. The van der Waals surface area contributed by atoms with Gasteiger partial charge in [-0.3, -0.25) is 5.26 Å². The molecule has 0 radical (unpaired) electrons. The minimum absolute atomic E-state index is 0.318. The van der Waals surface area contributed by atoms with Crippen LogP contribution in [0.25, 0.3) is 0 Å². The van der Waals surface area contributed by atoms with Crippen LogP contribution < -0.4 is 0 Å². The average Bonchev–Trinajstić information content (AvgIpc) is 2.66. The van der Waals surface area contributed by atoms with Crippen LogP contribution >= 0.6 is 0 Å². The summed E-state index contributed by atoms with van der Waals surface area (Å²) in [5.74, 6) is -1.42. The van der Waals surface area contributed by atoms with E-state index in [0.29, 0.717) is 17.7 Å². The molecule has 2 rings (SSSR count). The summed E-state index contributed by atoms with van der Waals surface area (Å²) in [7, 11) is 0. The van der Waals surface area contributed by atoms with Crippen molar-refractivity contribution in [1.82, 2.24) is 0 Å². The maximum Gasteiger partial charge on any atom is 0.386 e. The lowest BCUT2D eigenvalue weighted by molar-refractivity contribution is -0.242. The molecule has 0 saturated carbocycles. The number of benzene rings is 2. The topological polar surface area (TPSA) is 82.1 Å². The Balaban J connectivity index is 0.000000413. The first-order chi connectivity index (χ1) is 11.7. The SMILES string of the molecule is CCCCOO.O=C(OOC(=O)c1ccccc1)c1ccccc1. The molecule has 6 heteroatoms. The molecule has 24 heavy (non-hydrogen) atoms. The smallest absolute Gasteiger partial charge is 0.252 e. The molecule has 0 heterocycles. The molecule has 0 aliphatic carbocycles. The Morgan fingerprint density at radius 1 is 0.833 bits per heavy atom. The third kappa shape index (κ3) is 7.53. The van der Waals surface area contributed by atoms with Gasteiger partial charge >= 0.3 is 11.9 Å². The zero-order valence-corrected chi connectivity index (χ0v) is 13.4. The van der Waals surface area contributed by atoms with Crippen molar-refractivity contribution in [3.05, 3.63) is 71.8 Å². The van der Waals surface area contributed by atoms with E-state index in [4.69, 9.17) is 5.26 Å². The number of carbonyl (C=O) groups is 2. The Morgan fingerprint density at radius 2 is 1.25 bits per heavy atom. The molecule has 2 aromatic carbocycles. The standard InChI is InChI=1S/C14H10O4.C4H10O2/c15-13(11-7-3-1-4-8-11)17-18-14(16)12-9-5-2-6-10-12;1-2-3-4-6-5/h1-10H;5H,2-4H2,1H3. The molecular formula is C18H20O6. The predicted octanol–water partition coefficient (Wildman–Crippen LogP) is 3.89. The Hall–Kier alpha value is -2.70. The molecule has 0 amide bonds. The van der Waals surface area contributed by atoms with Crippen LogP contribution in [0.5, 0.6) is 0 Å². The summed E-state index contributed by atoms with van der Waals surface area (Å²) in [5.41, 5.74) is 0.636. The van der Waals surface area contributed by atoms with E-state index in [1.165, 1.54) is 0 Å². The van der Waals surface area contributed by atoms with E-state index in [-0.39, 0.29) is 0 Å². The van der Waals surface area contributed by atoms with Gasteiger partial charge < -0.3 is 0 Å². The quantitative estimate of drug-likeness (QED) is 0.508. The molecule has 0 aliphatic heterocycles. The van der Waals surface area contributed by atoms with Gasteiger partial charge in [0.15, 0.2) is 0 Å². The van der Waals surface area contributed by atoms with E-state index in [2.05, 4.69) is 14.7 Å². The van der Waals surface area contributed by atoms with Gasteiger partial charge in [0.05, 0.1) is 17.7 Å². The highest BCUT2D eigenvalue weighted by Gasteiger charge is 2.12. The third-order valence-corrected chi connectivity index (χ3v) is 2.80. The fourth-order valence-corrected chi connectivity index (χ4v) is 1.53. The maximum absolute atomic E-state index is 11.5. The summed E-state index contributed by atoms with van der Waals surface area (Å²) in [6.45, 7) is 2.51. The van der Waals surface area contributed by atoms with E-state index in [1.54, 1.807) is 60.7 Å². The van der Waals surface area contributed by atoms with Crippen molar-refractivity contribution in [3.63, 3.8) is 0 Å². The average molecular weight is 332 g/mol. The molecule has 0 aromatic heterocycles. The van der Waals surface area contributed by atoms with Gasteiger partial charge in [0.2, 0.25) is 0 Å². The van der Waals surface area contributed by atoms with Crippen molar-refractivity contribution in [1.29, 1.82) is 0 Å². The second-order valence-corrected chi connectivity index (χ2v) is 4.66. The summed E-state index contributed by atoms with van der Waals surface area (Å²) < 4.78 is 0. The molecule has 0 bridgehead atoms. The lowest BCUT2D eigenvalue weighted by atomic mass is 10.2. The number of carbonyl (C=O) groups excluding carboxylic acids is 2. The minimum atomic E-state index is -0.708. The van der Waals surface area contributed by atoms with E-state index < -0.39 is 11.9 Å². The molecule has 6 nitrogen and oxygen atoms in total. The highest BCUT2D eigenvalue weighted by atomic mass is 17.2. The van der Waals surface area contributed by atoms with Gasteiger partial charge in [-0.2, -0.15) is 0 Å². The number of hydrogen-bond acceptors (Lipinski definition) is 6. The van der Waals surface area contributed by atoms with Crippen molar-refractivity contribution in [3.8, 4) is 0 Å². The van der Waals surface area contributed by atoms with Crippen LogP contribution in [0.1, 0.15) is 40.5 Å². The molecule has 0 atom stereocenters. The molecular weight excluding hydrogens is 312 g/mol. The minimum Gasteiger partial charge on any atom is -0.252 e. The van der Waals surface area contributed by atoms with Crippen molar-refractivity contribution >= 4 is 11.9 Å². The molecule has 128 valence electrons. The van der Waals surface area contributed by atoms with Gasteiger partial charge in [-0.25, -0.2) is 24.3 Å². The van der Waals surface area contributed by atoms with Crippen molar-refractivity contribution in [2.75, 3.05) is 6.61 Å². The Bertz CT molecular complexity index is 542. The summed E-state index contributed by atoms with van der Waals surface area (Å²) in [5, 5.41) is 7.70. The number of hydrogen-bond donors (Lipinski definition) is 1. The van der Waals surface area contributed by atoms with Crippen LogP contribution in [-0.2, 0) is 14.7 Å². The summed E-state index contributed by atoms with van der Waals surface area (Å²) in [4.78, 5) is 35.7. The van der Waals surface area contributed by atoms with Crippen LogP contribution in [0, 0.1) is 0 Å². The number of rotatable bonds is 5. The monoisotopic (exact) mass is 332 g/mol. The normalized spacial score (nSPS) is 9.42. The second kappa shape index (κ2) is 11.8. The van der Waals surface area contributed by atoms with Gasteiger partial charge in [0.1, 0.15) is 0 Å². The highest BCUT2D eigenvalue weighted by Crippen LogP contribution is 2.05. The van der Waals surface area contributed by atoms with Crippen LogP contribution in [0.15, 0.2) is 60.7 Å². The lowest BCUT2D eigenvalue weighted by Crippen LogP contribution is -2.11. The Kier molecular flexibility index (Phi) is 9.52. The lowest BCUT2D eigenvalue weighted by Gasteiger charge is -2.02. The van der Waals surface area contributed by atoms with E-state index in [0.717, 1.165) is 12.8 Å². The maximum atomic E-state index is 11.5. The van der Waals surface area contributed by atoms with Gasteiger partial charge in [-0.1, -0.05) is 49.7 Å². The van der Waals surface area contributed by atoms with Crippen LogP contribution in [0.4, 0.5) is 0 Å². The summed E-state index contributed by atoms with van der Waals surface area (Å²) in [6, 6.07) is 16.6. The predicted molar refractivity (Wildman–Crippen MR) is 87.2 cm³/mol. The molecule has 0 aliphatic rings. The van der Waals surface area contributed by atoms with Crippen molar-refractivity contribution < 1.29 is 29.5 Å². The van der Waals surface area contributed by atoms with E-state index in [9.17, 15) is 9.59 Å². The van der Waals surface area contributed by atoms with Crippen LogP contribution in [0.2, 0.25) is 0 Å². The van der Waals surface area contributed by atoms with Crippen molar-refractivity contribution in [2.24, 2.45) is 0 Å². The molecule has 2 aromatic rings. The van der Waals surface area contributed by atoms with Gasteiger partial charge in [0, 0.05) is 0 Å². The molecule has 0 fully saturated rings. The molecule has 0 saturated heterocycles. The number of unbranched alkanes of at least 4 members (excludes halogenated alkanes) is 1. The summed E-state index contributed by atoms with van der Waals surface area (Å²) in [6.07, 6.45) is 2.01. The first-order valence-corrected chi connectivity index (χ1v) is 7.48. The Labute approximate surface area is 140 Å². The highest BCUT2D eigenvalue weighted by molar-refractivity contribution is 5.92. The van der Waals surface area contributed by atoms with E-state index in [1.807, 2.05) is 6.92 Å². The Morgan fingerprint density at radius 3 is 1.54 bits per heavy atom. The zero-order chi connectivity index (χ0) is 17.6. The van der Waals surface area contributed by atoms with Crippen molar-refractivity contribution in [2.45, 2.75) is 19.8 Å². The van der Waals surface area contributed by atoms with Gasteiger partial charge in [0.25, 0.3) is 0 Å². The fourth-order valence-electron chi connectivity index (χ4n) is 1.53. The fraction of sp³-hybridized carbons (Fsp3) is 0.222. The van der Waals surface area contributed by atoms with Crippen LogP contribution in [-0.4, -0.2) is 23.8 Å². The molecule has 0 unspecified atom stereocenters. The van der Waals surface area contributed by atoms with E-state index >= 15 is 0 Å².